The van der Waals surface area contributed by atoms with Gasteiger partial charge in [-0.25, -0.2) is 13.4 Å². The number of piperazine rings is 1. The molecule has 1 aliphatic rings. The van der Waals surface area contributed by atoms with Gasteiger partial charge in [0.1, 0.15) is 9.88 Å². The number of aryl methyl sites for hydroxylation is 2. The van der Waals surface area contributed by atoms with Gasteiger partial charge in [-0.15, -0.1) is 34.0 Å². The Morgan fingerprint density at radius 3 is 2.50 bits per heavy atom. The molecule has 0 saturated carbocycles. The van der Waals surface area contributed by atoms with Gasteiger partial charge in [0.2, 0.25) is 10.0 Å². The minimum Gasteiger partial charge on any atom is -0.335 e. The van der Waals surface area contributed by atoms with E-state index in [1.807, 2.05) is 31.4 Å². The van der Waals surface area contributed by atoms with E-state index in [2.05, 4.69) is 4.98 Å². The fourth-order valence-electron chi connectivity index (χ4n) is 3.18. The summed E-state index contributed by atoms with van der Waals surface area (Å²) in [5.41, 5.74) is 0. The first-order chi connectivity index (χ1) is 13.4. The van der Waals surface area contributed by atoms with Crippen LogP contribution in [0.15, 0.2) is 34.7 Å². The third-order valence-corrected chi connectivity index (χ3v) is 9.73. The Labute approximate surface area is 176 Å². The van der Waals surface area contributed by atoms with Gasteiger partial charge >= 0.3 is 0 Å². The second-order valence-electron chi connectivity index (χ2n) is 6.48. The van der Waals surface area contributed by atoms with E-state index in [-0.39, 0.29) is 5.91 Å². The highest BCUT2D eigenvalue weighted by Gasteiger charge is 2.32. The third-order valence-electron chi connectivity index (χ3n) is 4.59. The maximum Gasteiger partial charge on any atom is 0.265 e. The van der Waals surface area contributed by atoms with Crippen LogP contribution in [0.3, 0.4) is 0 Å². The number of nitrogens with zero attached hydrogens (tertiary/aromatic N) is 3. The number of rotatable bonds is 4. The zero-order chi connectivity index (χ0) is 19.9. The number of thiazole rings is 1. The van der Waals surface area contributed by atoms with Crippen molar-refractivity contribution in [3.05, 3.63) is 44.4 Å². The molecule has 0 radical (unpaired) electrons. The summed E-state index contributed by atoms with van der Waals surface area (Å²) in [6, 6.07) is 5.67. The van der Waals surface area contributed by atoms with Crippen molar-refractivity contribution in [3.8, 4) is 9.88 Å². The molecule has 1 aliphatic heterocycles. The van der Waals surface area contributed by atoms with E-state index in [0.717, 1.165) is 19.6 Å². The highest BCUT2D eigenvalue weighted by atomic mass is 32.2. The Hall–Kier alpha value is -1.59. The Morgan fingerprint density at radius 2 is 1.89 bits per heavy atom. The van der Waals surface area contributed by atoms with Crippen LogP contribution in [0.2, 0.25) is 0 Å². The molecule has 0 spiro atoms. The predicted molar refractivity (Wildman–Crippen MR) is 114 cm³/mol. The zero-order valence-electron chi connectivity index (χ0n) is 15.4. The molecule has 3 aromatic heterocycles. The van der Waals surface area contributed by atoms with E-state index in [4.69, 9.17) is 0 Å². The molecule has 10 heteroatoms. The molecule has 0 bridgehead atoms. The molecule has 0 aliphatic carbocycles. The molecule has 4 rings (SSSR count). The maximum absolute atomic E-state index is 12.9. The van der Waals surface area contributed by atoms with E-state index >= 15 is 0 Å². The Kier molecular flexibility index (Phi) is 5.41. The lowest BCUT2D eigenvalue weighted by Gasteiger charge is -2.33. The normalized spacial score (nSPS) is 15.9. The maximum atomic E-state index is 12.9. The van der Waals surface area contributed by atoms with Crippen molar-refractivity contribution in [2.24, 2.45) is 0 Å². The molecule has 148 valence electrons. The molecule has 6 nitrogen and oxygen atoms in total. The fraction of sp³-hybridized carbons (Fsp3) is 0.333. The molecule has 0 aromatic carbocycles. The summed E-state index contributed by atoms with van der Waals surface area (Å²) in [5, 5.41) is 2.82. The van der Waals surface area contributed by atoms with Crippen LogP contribution in [0.5, 0.6) is 0 Å². The van der Waals surface area contributed by atoms with Crippen molar-refractivity contribution in [2.75, 3.05) is 26.2 Å². The van der Waals surface area contributed by atoms with E-state index in [0.29, 0.717) is 36.0 Å². The number of aromatic nitrogens is 1. The van der Waals surface area contributed by atoms with Crippen LogP contribution >= 0.6 is 34.0 Å². The number of hydrogen-bond donors (Lipinski definition) is 0. The van der Waals surface area contributed by atoms with Crippen LogP contribution in [0, 0.1) is 13.8 Å². The van der Waals surface area contributed by atoms with E-state index in [1.165, 1.54) is 27.0 Å². The summed E-state index contributed by atoms with van der Waals surface area (Å²) < 4.78 is 27.3. The van der Waals surface area contributed by atoms with Gasteiger partial charge in [-0.05, 0) is 31.4 Å². The summed E-state index contributed by atoms with van der Waals surface area (Å²) in [6.45, 7) is 5.11. The van der Waals surface area contributed by atoms with Crippen LogP contribution < -0.4 is 0 Å². The third kappa shape index (κ3) is 3.67. The first kappa shape index (κ1) is 19.7. The predicted octanol–water partition coefficient (Wildman–Crippen LogP) is 3.70. The van der Waals surface area contributed by atoms with Gasteiger partial charge in [0.15, 0.2) is 0 Å². The average Bonchev–Trinajstić information content (AvgIpc) is 3.41. The smallest absolute Gasteiger partial charge is 0.265 e. The number of amides is 1. The van der Waals surface area contributed by atoms with Crippen LogP contribution in [0.1, 0.15) is 19.4 Å². The number of carbonyl (C=O) groups excluding carboxylic acids is 1. The Balaban J connectivity index is 1.44. The summed E-state index contributed by atoms with van der Waals surface area (Å²) >= 11 is 4.46. The monoisotopic (exact) mass is 453 g/mol. The van der Waals surface area contributed by atoms with E-state index in [9.17, 15) is 13.2 Å². The van der Waals surface area contributed by atoms with Crippen LogP contribution in [-0.4, -0.2) is 54.7 Å². The van der Waals surface area contributed by atoms with Crippen molar-refractivity contribution in [3.63, 3.8) is 0 Å². The van der Waals surface area contributed by atoms with Gasteiger partial charge in [-0.2, -0.15) is 4.31 Å². The van der Waals surface area contributed by atoms with Crippen molar-refractivity contribution in [1.29, 1.82) is 0 Å². The van der Waals surface area contributed by atoms with Gasteiger partial charge < -0.3 is 4.90 Å². The van der Waals surface area contributed by atoms with E-state index in [1.54, 1.807) is 28.5 Å². The molecule has 28 heavy (non-hydrogen) atoms. The number of hydrogen-bond acceptors (Lipinski definition) is 7. The van der Waals surface area contributed by atoms with Gasteiger partial charge in [0, 0.05) is 35.9 Å². The lowest BCUT2D eigenvalue weighted by atomic mass is 10.3. The standard InChI is InChI=1S/C18H19N3O3S4/c1-12-10-16(13(2)26-12)28(23,24)21-7-5-20(6-8-21)18(22)15-11-19-17(27-15)14-4-3-9-25-14/h3-4,9-11H,5-8H2,1-2H3. The molecule has 0 atom stereocenters. The van der Waals surface area contributed by atoms with E-state index < -0.39 is 10.0 Å². The first-order valence-corrected chi connectivity index (χ1v) is 12.7. The molecular formula is C18H19N3O3S4. The second-order valence-corrected chi connectivity index (χ2v) is 11.8. The van der Waals surface area contributed by atoms with Crippen molar-refractivity contribution >= 4 is 49.9 Å². The largest absolute Gasteiger partial charge is 0.335 e. The molecule has 3 aromatic rings. The van der Waals surface area contributed by atoms with Gasteiger partial charge in [-0.1, -0.05) is 6.07 Å². The molecule has 4 heterocycles. The summed E-state index contributed by atoms with van der Waals surface area (Å²) in [5.74, 6) is -0.0834. The molecular weight excluding hydrogens is 434 g/mol. The molecule has 1 saturated heterocycles. The number of sulfonamides is 1. The molecule has 0 N–H and O–H groups in total. The average molecular weight is 454 g/mol. The van der Waals surface area contributed by atoms with Crippen LogP contribution in [0.4, 0.5) is 0 Å². The van der Waals surface area contributed by atoms with Gasteiger partial charge in [0.05, 0.1) is 16.0 Å². The summed E-state index contributed by atoms with van der Waals surface area (Å²) in [4.78, 5) is 22.7. The molecule has 0 unspecified atom stereocenters. The summed E-state index contributed by atoms with van der Waals surface area (Å²) in [6.07, 6.45) is 1.61. The second kappa shape index (κ2) is 7.68. The highest BCUT2D eigenvalue weighted by molar-refractivity contribution is 7.89. The van der Waals surface area contributed by atoms with Crippen molar-refractivity contribution in [1.82, 2.24) is 14.2 Å². The van der Waals surface area contributed by atoms with Crippen molar-refractivity contribution < 1.29 is 13.2 Å². The van der Waals surface area contributed by atoms with Crippen LogP contribution in [-0.2, 0) is 10.0 Å². The minimum absolute atomic E-state index is 0.0834. The lowest BCUT2D eigenvalue weighted by molar-refractivity contribution is 0.0702. The lowest BCUT2D eigenvalue weighted by Crippen LogP contribution is -2.50. The Bertz CT molecular complexity index is 1090. The number of thiophene rings is 2. The zero-order valence-corrected chi connectivity index (χ0v) is 18.7. The SMILES string of the molecule is Cc1cc(S(=O)(=O)N2CCN(C(=O)c3cnc(-c4cccs4)s3)CC2)c(C)s1. The number of carbonyl (C=O) groups is 1. The molecule has 1 fully saturated rings. The highest BCUT2D eigenvalue weighted by Crippen LogP contribution is 2.31. The minimum atomic E-state index is -3.51. The quantitative estimate of drug-likeness (QED) is 0.604. The fourth-order valence-corrected chi connectivity index (χ4v) is 7.81. The Morgan fingerprint density at radius 1 is 1.14 bits per heavy atom. The first-order valence-electron chi connectivity index (χ1n) is 8.72. The van der Waals surface area contributed by atoms with Gasteiger partial charge in [0.25, 0.3) is 5.91 Å². The topological polar surface area (TPSA) is 70.6 Å². The van der Waals surface area contributed by atoms with Crippen LogP contribution in [0.25, 0.3) is 9.88 Å². The summed E-state index contributed by atoms with van der Waals surface area (Å²) in [7, 11) is -3.51. The molecule has 1 amide bonds. The van der Waals surface area contributed by atoms with Gasteiger partial charge in [-0.3, -0.25) is 4.79 Å². The van der Waals surface area contributed by atoms with Crippen molar-refractivity contribution in [2.45, 2.75) is 18.7 Å².